The number of aromatic amines is 1. The minimum atomic E-state index is -0.314. The van der Waals surface area contributed by atoms with Gasteiger partial charge in [-0.15, -0.1) is 0 Å². The maximum absolute atomic E-state index is 12.6. The fourth-order valence-corrected chi connectivity index (χ4v) is 2.60. The third-order valence-electron chi connectivity index (χ3n) is 3.85. The number of rotatable bonds is 3. The number of nitrogens with zero attached hydrogens (tertiary/aromatic N) is 7. The zero-order chi connectivity index (χ0) is 17.2. The van der Waals surface area contributed by atoms with E-state index in [2.05, 4.69) is 20.1 Å². The molecule has 0 aliphatic carbocycles. The summed E-state index contributed by atoms with van der Waals surface area (Å²) in [5, 5.41) is 13.4. The van der Waals surface area contributed by atoms with Gasteiger partial charge in [-0.2, -0.15) is 9.94 Å². The number of nitriles is 1. The average molecular weight is 338 g/mol. The lowest BCUT2D eigenvalue weighted by Crippen LogP contribution is -2.31. The molecule has 126 valence electrons. The molecule has 0 amide bonds. The molecule has 4 heterocycles. The first kappa shape index (κ1) is 15.1. The molecule has 1 N–H and O–H groups in total. The average Bonchev–Trinajstić information content (AvgIpc) is 3.29. The predicted octanol–water partition coefficient (Wildman–Crippen LogP) is 0.545. The Kier molecular flexibility index (Phi) is 3.75. The molecule has 10 nitrogen and oxygen atoms in total. The lowest BCUT2D eigenvalue weighted by atomic mass is 10.3. The van der Waals surface area contributed by atoms with Crippen molar-refractivity contribution >= 4 is 5.82 Å². The second-order valence-electron chi connectivity index (χ2n) is 5.45. The minimum Gasteiger partial charge on any atom is -0.299 e. The van der Waals surface area contributed by atoms with Crippen molar-refractivity contribution in [2.45, 2.75) is 12.8 Å². The number of hydrogen-bond acceptors (Lipinski definition) is 7. The Morgan fingerprint density at radius 2 is 2.12 bits per heavy atom. The molecular formula is C15H14N8O2. The number of nitrogens with one attached hydrogen (secondary N) is 1. The van der Waals surface area contributed by atoms with Gasteiger partial charge in [0.2, 0.25) is 0 Å². The van der Waals surface area contributed by atoms with E-state index in [4.69, 9.17) is 10.1 Å². The molecule has 25 heavy (non-hydrogen) atoms. The molecule has 0 saturated carbocycles. The van der Waals surface area contributed by atoms with Gasteiger partial charge >= 0.3 is 0 Å². The van der Waals surface area contributed by atoms with Gasteiger partial charge in [-0.3, -0.25) is 19.3 Å². The summed E-state index contributed by atoms with van der Waals surface area (Å²) in [5.74, 6) is 0.998. The maximum Gasteiger partial charge on any atom is 0.296 e. The molecule has 0 unspecified atom stereocenters. The summed E-state index contributed by atoms with van der Waals surface area (Å²) in [5.41, 5.74) is 0.258. The second kappa shape index (κ2) is 6.21. The Hall–Kier alpha value is -3.45. The molecule has 1 aliphatic heterocycles. The molecule has 0 radical (unpaired) electrons. The minimum absolute atomic E-state index is 0.235. The van der Waals surface area contributed by atoms with Crippen LogP contribution < -0.4 is 10.6 Å². The SMILES string of the molecule is N#Cc1cn(-c2c[nH]n(-c3cc(N4CCCCO4)ncn3)c2=O)cn1. The molecule has 0 bridgehead atoms. The van der Waals surface area contributed by atoms with E-state index >= 15 is 0 Å². The van der Waals surface area contributed by atoms with E-state index in [0.717, 1.165) is 19.4 Å². The summed E-state index contributed by atoms with van der Waals surface area (Å²) in [7, 11) is 0. The number of imidazole rings is 1. The number of anilines is 1. The van der Waals surface area contributed by atoms with Crippen LogP contribution in [-0.4, -0.2) is 42.5 Å². The van der Waals surface area contributed by atoms with Gasteiger partial charge in [-0.05, 0) is 12.8 Å². The van der Waals surface area contributed by atoms with Crippen LogP contribution in [0.5, 0.6) is 0 Å². The number of H-pyrrole nitrogens is 1. The summed E-state index contributed by atoms with van der Waals surface area (Å²) in [6, 6.07) is 3.61. The van der Waals surface area contributed by atoms with Crippen molar-refractivity contribution in [3.05, 3.63) is 47.2 Å². The first-order valence-corrected chi connectivity index (χ1v) is 7.74. The third kappa shape index (κ3) is 2.77. The van der Waals surface area contributed by atoms with Crippen molar-refractivity contribution in [2.75, 3.05) is 18.2 Å². The van der Waals surface area contributed by atoms with Crippen LogP contribution in [0.15, 0.2) is 35.9 Å². The molecule has 4 rings (SSSR count). The summed E-state index contributed by atoms with van der Waals surface area (Å²) in [4.78, 5) is 30.5. The molecule has 0 spiro atoms. The normalized spacial score (nSPS) is 14.4. The monoisotopic (exact) mass is 338 g/mol. The summed E-state index contributed by atoms with van der Waals surface area (Å²) >= 11 is 0. The molecule has 1 fully saturated rings. The van der Waals surface area contributed by atoms with E-state index < -0.39 is 0 Å². The molecule has 0 aromatic carbocycles. The first-order valence-electron chi connectivity index (χ1n) is 7.74. The quantitative estimate of drug-likeness (QED) is 0.740. The van der Waals surface area contributed by atoms with Gasteiger partial charge in [0.1, 0.15) is 24.4 Å². The lowest BCUT2D eigenvalue weighted by Gasteiger charge is -2.26. The number of hydroxylamine groups is 1. The highest BCUT2D eigenvalue weighted by molar-refractivity contribution is 5.42. The lowest BCUT2D eigenvalue weighted by molar-refractivity contribution is 0.0761. The number of aromatic nitrogens is 6. The number of hydrogen-bond donors (Lipinski definition) is 1. The highest BCUT2D eigenvalue weighted by Gasteiger charge is 2.16. The highest BCUT2D eigenvalue weighted by atomic mass is 16.7. The standard InChI is InChI=1S/C15H14N8O2/c16-6-11-8-21(10-19-11)12-7-20-23(15(12)24)14-5-13(17-9-18-14)22-3-1-2-4-25-22/h5,7-10,20H,1-4H2. The zero-order valence-electron chi connectivity index (χ0n) is 13.2. The van der Waals surface area contributed by atoms with Crippen LogP contribution in [0.2, 0.25) is 0 Å². The van der Waals surface area contributed by atoms with Gasteiger partial charge in [-0.25, -0.2) is 20.0 Å². The fraction of sp³-hybridized carbons (Fsp3) is 0.267. The summed E-state index contributed by atoms with van der Waals surface area (Å²) in [6.45, 7) is 1.39. The Labute approximate surface area is 141 Å². The van der Waals surface area contributed by atoms with Crippen molar-refractivity contribution in [3.8, 4) is 17.6 Å². The van der Waals surface area contributed by atoms with Crippen LogP contribution in [0.1, 0.15) is 18.5 Å². The Bertz CT molecular complexity index is 989. The van der Waals surface area contributed by atoms with Gasteiger partial charge in [0.25, 0.3) is 5.56 Å². The van der Waals surface area contributed by atoms with Crippen molar-refractivity contribution in [2.24, 2.45) is 0 Å². The molecule has 0 atom stereocenters. The predicted molar refractivity (Wildman–Crippen MR) is 86.3 cm³/mol. The van der Waals surface area contributed by atoms with Crippen LogP contribution in [0.3, 0.4) is 0 Å². The molecule has 1 saturated heterocycles. The Morgan fingerprint density at radius 1 is 1.24 bits per heavy atom. The summed E-state index contributed by atoms with van der Waals surface area (Å²) < 4.78 is 2.79. The van der Waals surface area contributed by atoms with E-state index in [1.165, 1.54) is 34.3 Å². The van der Waals surface area contributed by atoms with E-state index in [9.17, 15) is 4.79 Å². The molecule has 10 heteroatoms. The van der Waals surface area contributed by atoms with Crippen molar-refractivity contribution in [1.29, 1.82) is 5.26 Å². The topological polar surface area (TPSA) is 118 Å². The van der Waals surface area contributed by atoms with Crippen molar-refractivity contribution in [3.63, 3.8) is 0 Å². The van der Waals surface area contributed by atoms with E-state index in [1.807, 2.05) is 6.07 Å². The second-order valence-corrected chi connectivity index (χ2v) is 5.45. The smallest absolute Gasteiger partial charge is 0.296 e. The molecule has 3 aromatic heterocycles. The zero-order valence-corrected chi connectivity index (χ0v) is 13.2. The van der Waals surface area contributed by atoms with Crippen molar-refractivity contribution in [1.82, 2.24) is 29.3 Å². The van der Waals surface area contributed by atoms with Crippen LogP contribution >= 0.6 is 0 Å². The summed E-state index contributed by atoms with van der Waals surface area (Å²) in [6.07, 6.45) is 7.87. The van der Waals surface area contributed by atoms with Crippen LogP contribution in [-0.2, 0) is 4.84 Å². The first-order chi connectivity index (χ1) is 12.3. The van der Waals surface area contributed by atoms with Gasteiger partial charge in [0.15, 0.2) is 17.3 Å². The van der Waals surface area contributed by atoms with Gasteiger partial charge < -0.3 is 0 Å². The van der Waals surface area contributed by atoms with Gasteiger partial charge in [0.05, 0.1) is 6.61 Å². The van der Waals surface area contributed by atoms with Crippen LogP contribution in [0, 0.1) is 11.3 Å². The van der Waals surface area contributed by atoms with E-state index in [0.29, 0.717) is 23.9 Å². The highest BCUT2D eigenvalue weighted by Crippen LogP contribution is 2.17. The maximum atomic E-state index is 12.6. The van der Waals surface area contributed by atoms with E-state index in [1.54, 1.807) is 11.1 Å². The molecular weight excluding hydrogens is 324 g/mol. The Morgan fingerprint density at radius 3 is 2.88 bits per heavy atom. The Balaban J connectivity index is 1.69. The van der Waals surface area contributed by atoms with Gasteiger partial charge in [0, 0.05) is 25.0 Å². The van der Waals surface area contributed by atoms with E-state index in [-0.39, 0.29) is 11.3 Å². The fourth-order valence-electron chi connectivity index (χ4n) is 2.60. The molecule has 3 aromatic rings. The molecule has 1 aliphatic rings. The third-order valence-corrected chi connectivity index (χ3v) is 3.85. The van der Waals surface area contributed by atoms with Gasteiger partial charge in [-0.1, -0.05) is 0 Å². The van der Waals surface area contributed by atoms with Crippen molar-refractivity contribution < 1.29 is 4.84 Å². The van der Waals surface area contributed by atoms with Crippen LogP contribution in [0.25, 0.3) is 11.5 Å². The van der Waals surface area contributed by atoms with Crippen LogP contribution in [0.4, 0.5) is 5.82 Å². The largest absolute Gasteiger partial charge is 0.299 e.